The number of rotatable bonds is 4. The summed E-state index contributed by atoms with van der Waals surface area (Å²) < 4.78 is 27.8. The zero-order valence-corrected chi connectivity index (χ0v) is 14.8. The second kappa shape index (κ2) is 6.71. The molecule has 2 heterocycles. The average Bonchev–Trinajstić information content (AvgIpc) is 2.81. The SMILES string of the molecule is CCCC1CCN(C(=O)c2cc(S(=O)(=O)Cl)c(Br)o2)CC1. The highest BCUT2D eigenvalue weighted by atomic mass is 79.9. The molecule has 0 atom stereocenters. The lowest BCUT2D eigenvalue weighted by Gasteiger charge is -2.31. The molecule has 0 aliphatic carbocycles. The van der Waals surface area contributed by atoms with Gasteiger partial charge in [0.15, 0.2) is 10.4 Å². The van der Waals surface area contributed by atoms with Crippen molar-refractivity contribution in [3.8, 4) is 0 Å². The van der Waals surface area contributed by atoms with Crippen LogP contribution in [0.15, 0.2) is 20.0 Å². The first-order chi connectivity index (χ1) is 9.82. The van der Waals surface area contributed by atoms with Gasteiger partial charge in [-0.3, -0.25) is 4.79 Å². The van der Waals surface area contributed by atoms with Crippen molar-refractivity contribution in [2.75, 3.05) is 13.1 Å². The average molecular weight is 399 g/mol. The summed E-state index contributed by atoms with van der Waals surface area (Å²) in [5, 5.41) is 0. The first kappa shape index (κ1) is 16.8. The monoisotopic (exact) mass is 397 g/mol. The standard InChI is InChI=1S/C13H17BrClNO4S/c1-2-3-9-4-6-16(7-5-9)13(17)10-8-11(12(14)20-10)21(15,18)19/h8-9H,2-7H2,1H3. The van der Waals surface area contributed by atoms with E-state index >= 15 is 0 Å². The van der Waals surface area contributed by atoms with Gasteiger partial charge in [-0.15, -0.1) is 0 Å². The predicted molar refractivity (Wildman–Crippen MR) is 83.0 cm³/mol. The second-order valence-electron chi connectivity index (χ2n) is 5.21. The number of carbonyl (C=O) groups excluding carboxylic acids is 1. The Hall–Kier alpha value is -0.530. The number of likely N-dealkylation sites (tertiary alicyclic amines) is 1. The molecule has 1 aromatic rings. The molecule has 1 aromatic heterocycles. The van der Waals surface area contributed by atoms with Crippen LogP contribution in [0.1, 0.15) is 43.2 Å². The molecule has 0 spiro atoms. The number of hydrogen-bond acceptors (Lipinski definition) is 4. The fourth-order valence-electron chi connectivity index (χ4n) is 2.61. The maximum atomic E-state index is 12.3. The lowest BCUT2D eigenvalue weighted by Crippen LogP contribution is -2.38. The lowest BCUT2D eigenvalue weighted by molar-refractivity contribution is 0.0653. The summed E-state index contributed by atoms with van der Waals surface area (Å²) in [7, 11) is 1.35. The number of piperidine rings is 1. The van der Waals surface area contributed by atoms with Gasteiger partial charge in [-0.05, 0) is 34.7 Å². The van der Waals surface area contributed by atoms with Crippen molar-refractivity contribution in [3.05, 3.63) is 16.5 Å². The molecule has 0 saturated carbocycles. The smallest absolute Gasteiger partial charge is 0.289 e. The zero-order chi connectivity index (χ0) is 15.6. The lowest BCUT2D eigenvalue weighted by atomic mass is 9.92. The van der Waals surface area contributed by atoms with E-state index in [9.17, 15) is 13.2 Å². The van der Waals surface area contributed by atoms with E-state index in [0.717, 1.165) is 19.3 Å². The van der Waals surface area contributed by atoms with Gasteiger partial charge in [-0.25, -0.2) is 8.42 Å². The molecule has 8 heteroatoms. The molecule has 1 fully saturated rings. The highest BCUT2D eigenvalue weighted by Crippen LogP contribution is 2.30. The Morgan fingerprint density at radius 1 is 1.48 bits per heavy atom. The summed E-state index contributed by atoms with van der Waals surface area (Å²) in [5.74, 6) is 0.369. The van der Waals surface area contributed by atoms with Crippen molar-refractivity contribution in [1.29, 1.82) is 0 Å². The van der Waals surface area contributed by atoms with Crippen LogP contribution in [-0.4, -0.2) is 32.3 Å². The van der Waals surface area contributed by atoms with Crippen molar-refractivity contribution in [3.63, 3.8) is 0 Å². The molecule has 21 heavy (non-hydrogen) atoms. The van der Waals surface area contributed by atoms with Crippen molar-refractivity contribution >= 4 is 41.6 Å². The van der Waals surface area contributed by atoms with E-state index < -0.39 is 9.05 Å². The summed E-state index contributed by atoms with van der Waals surface area (Å²) in [6, 6.07) is 1.17. The number of amides is 1. The minimum absolute atomic E-state index is 0.00459. The number of furan rings is 1. The van der Waals surface area contributed by atoms with Crippen LogP contribution >= 0.6 is 26.6 Å². The van der Waals surface area contributed by atoms with Gasteiger partial charge in [0.25, 0.3) is 15.0 Å². The molecule has 1 saturated heterocycles. The normalized spacial score (nSPS) is 17.2. The van der Waals surface area contributed by atoms with E-state index in [1.807, 2.05) is 0 Å². The Labute approximate surface area is 137 Å². The topological polar surface area (TPSA) is 67.6 Å². The van der Waals surface area contributed by atoms with Gasteiger partial charge in [0.1, 0.15) is 4.90 Å². The molecule has 1 amide bonds. The summed E-state index contributed by atoms with van der Waals surface area (Å²) >= 11 is 2.97. The molecule has 1 aliphatic rings. The van der Waals surface area contributed by atoms with Gasteiger partial charge in [-0.1, -0.05) is 19.8 Å². The third kappa shape index (κ3) is 4.02. The van der Waals surface area contributed by atoms with Gasteiger partial charge in [0, 0.05) is 29.8 Å². The Morgan fingerprint density at radius 2 is 2.10 bits per heavy atom. The molecule has 2 rings (SSSR count). The van der Waals surface area contributed by atoms with Crippen LogP contribution in [0.4, 0.5) is 0 Å². The molecule has 0 bridgehead atoms. The van der Waals surface area contributed by atoms with Crippen LogP contribution in [0.3, 0.4) is 0 Å². The fraction of sp³-hybridized carbons (Fsp3) is 0.615. The van der Waals surface area contributed by atoms with Crippen molar-refractivity contribution in [2.24, 2.45) is 5.92 Å². The van der Waals surface area contributed by atoms with E-state index in [2.05, 4.69) is 22.9 Å². The first-order valence-corrected chi connectivity index (χ1v) is 9.96. The first-order valence-electron chi connectivity index (χ1n) is 6.86. The van der Waals surface area contributed by atoms with Crippen LogP contribution in [0.2, 0.25) is 0 Å². The minimum Gasteiger partial charge on any atom is -0.443 e. The third-order valence-electron chi connectivity index (χ3n) is 3.73. The van der Waals surface area contributed by atoms with Crippen molar-refractivity contribution in [2.45, 2.75) is 37.5 Å². The second-order valence-corrected chi connectivity index (χ2v) is 8.47. The highest BCUT2D eigenvalue weighted by molar-refractivity contribution is 9.10. The molecular formula is C13H17BrClNO4S. The van der Waals surface area contributed by atoms with Gasteiger partial charge in [0.2, 0.25) is 0 Å². The summed E-state index contributed by atoms with van der Waals surface area (Å²) in [4.78, 5) is 13.8. The predicted octanol–water partition coefficient (Wildman–Crippen LogP) is 3.62. The molecule has 0 unspecified atom stereocenters. The molecule has 1 aliphatic heterocycles. The Morgan fingerprint density at radius 3 is 2.57 bits per heavy atom. The van der Waals surface area contributed by atoms with Crippen molar-refractivity contribution < 1.29 is 17.6 Å². The largest absolute Gasteiger partial charge is 0.443 e. The molecule has 0 N–H and O–H groups in total. The van der Waals surface area contributed by atoms with E-state index in [4.69, 9.17) is 15.1 Å². The molecule has 118 valence electrons. The van der Waals surface area contributed by atoms with Gasteiger partial charge in [0.05, 0.1) is 0 Å². The molecular weight excluding hydrogens is 382 g/mol. The summed E-state index contributed by atoms with van der Waals surface area (Å²) in [5.41, 5.74) is 0. The van der Waals surface area contributed by atoms with Crippen LogP contribution < -0.4 is 0 Å². The van der Waals surface area contributed by atoms with E-state index in [1.54, 1.807) is 4.90 Å². The maximum Gasteiger partial charge on any atom is 0.289 e. The number of nitrogens with zero attached hydrogens (tertiary/aromatic N) is 1. The number of hydrogen-bond donors (Lipinski definition) is 0. The third-order valence-corrected chi connectivity index (χ3v) is 5.91. The van der Waals surface area contributed by atoms with E-state index in [-0.39, 0.29) is 21.2 Å². The van der Waals surface area contributed by atoms with Crippen LogP contribution in [0.25, 0.3) is 0 Å². The Bertz CT molecular complexity index is 620. The fourth-order valence-corrected chi connectivity index (χ4v) is 4.65. The molecule has 5 nitrogen and oxygen atoms in total. The van der Waals surface area contributed by atoms with Gasteiger partial charge in [-0.2, -0.15) is 0 Å². The van der Waals surface area contributed by atoms with Gasteiger partial charge < -0.3 is 9.32 Å². The quantitative estimate of drug-likeness (QED) is 0.726. The van der Waals surface area contributed by atoms with E-state index in [0.29, 0.717) is 19.0 Å². The van der Waals surface area contributed by atoms with Crippen LogP contribution in [-0.2, 0) is 9.05 Å². The molecule has 0 aromatic carbocycles. The zero-order valence-electron chi connectivity index (χ0n) is 11.6. The minimum atomic E-state index is -3.93. The number of halogens is 2. The molecule has 0 radical (unpaired) electrons. The van der Waals surface area contributed by atoms with E-state index in [1.165, 1.54) is 12.5 Å². The van der Waals surface area contributed by atoms with Crippen LogP contribution in [0, 0.1) is 5.92 Å². The highest BCUT2D eigenvalue weighted by Gasteiger charge is 2.28. The van der Waals surface area contributed by atoms with Crippen molar-refractivity contribution in [1.82, 2.24) is 4.90 Å². The van der Waals surface area contributed by atoms with Gasteiger partial charge >= 0.3 is 0 Å². The van der Waals surface area contributed by atoms with Crippen LogP contribution in [0.5, 0.6) is 0 Å². The maximum absolute atomic E-state index is 12.3. The summed E-state index contributed by atoms with van der Waals surface area (Å²) in [6.07, 6.45) is 4.29. The summed E-state index contributed by atoms with van der Waals surface area (Å²) in [6.45, 7) is 3.50. The number of carbonyl (C=O) groups is 1. The Balaban J connectivity index is 2.08. The Kier molecular flexibility index (Phi) is 5.38.